The molecule has 13 heavy (non-hydrogen) atoms. The maximum absolute atomic E-state index is 5.72. The van der Waals surface area contributed by atoms with E-state index in [1.807, 2.05) is 12.1 Å². The van der Waals surface area contributed by atoms with Crippen molar-refractivity contribution in [3.05, 3.63) is 24.4 Å². The Morgan fingerprint density at radius 1 is 1.31 bits per heavy atom. The van der Waals surface area contributed by atoms with Gasteiger partial charge in [-0.25, -0.2) is 4.98 Å². The van der Waals surface area contributed by atoms with Gasteiger partial charge in [0.2, 0.25) is 5.88 Å². The van der Waals surface area contributed by atoms with Gasteiger partial charge in [0.25, 0.3) is 0 Å². The van der Waals surface area contributed by atoms with Crippen molar-refractivity contribution in [3.63, 3.8) is 0 Å². The first-order valence-electron chi connectivity index (χ1n) is 4.94. The molecule has 1 aliphatic rings. The predicted molar refractivity (Wildman–Crippen MR) is 50.6 cm³/mol. The minimum absolute atomic E-state index is 0.392. The number of pyridine rings is 1. The Labute approximate surface area is 78.9 Å². The lowest BCUT2D eigenvalue weighted by Crippen LogP contribution is -2.19. The first kappa shape index (κ1) is 8.54. The van der Waals surface area contributed by atoms with Crippen LogP contribution in [0.4, 0.5) is 0 Å². The summed E-state index contributed by atoms with van der Waals surface area (Å²) in [4.78, 5) is 4.10. The van der Waals surface area contributed by atoms with Crippen LogP contribution < -0.4 is 4.74 Å². The molecule has 0 aromatic carbocycles. The van der Waals surface area contributed by atoms with Crippen molar-refractivity contribution in [2.24, 2.45) is 0 Å². The van der Waals surface area contributed by atoms with Crippen molar-refractivity contribution < 1.29 is 4.74 Å². The Hall–Kier alpha value is -1.05. The van der Waals surface area contributed by atoms with Crippen LogP contribution >= 0.6 is 0 Å². The lowest BCUT2D eigenvalue weighted by molar-refractivity contribution is 0.148. The second-order valence-electron chi connectivity index (χ2n) is 3.47. The lowest BCUT2D eigenvalue weighted by Gasteiger charge is -2.22. The van der Waals surface area contributed by atoms with E-state index in [9.17, 15) is 0 Å². The third-order valence-electron chi connectivity index (χ3n) is 2.43. The van der Waals surface area contributed by atoms with Crippen molar-refractivity contribution in [3.8, 4) is 5.88 Å². The summed E-state index contributed by atoms with van der Waals surface area (Å²) in [6.07, 6.45) is 8.35. The van der Waals surface area contributed by atoms with E-state index in [1.54, 1.807) is 6.20 Å². The highest BCUT2D eigenvalue weighted by Crippen LogP contribution is 2.21. The van der Waals surface area contributed by atoms with Crippen LogP contribution in [0.25, 0.3) is 0 Å². The Kier molecular flexibility index (Phi) is 2.80. The standard InChI is InChI=1S/C11H14NO/c1-2-6-10(7-3-1)13-11-8-4-5-9-12-11/h4,8-10H,1-3,6-7H2. The molecule has 1 fully saturated rings. The average molecular weight is 176 g/mol. The minimum atomic E-state index is 0.392. The van der Waals surface area contributed by atoms with E-state index in [0.717, 1.165) is 5.88 Å². The molecule has 2 heteroatoms. The fourth-order valence-electron chi connectivity index (χ4n) is 1.73. The third-order valence-corrected chi connectivity index (χ3v) is 2.43. The Morgan fingerprint density at radius 3 is 2.85 bits per heavy atom. The van der Waals surface area contributed by atoms with Crippen LogP contribution in [0.2, 0.25) is 0 Å². The van der Waals surface area contributed by atoms with Gasteiger partial charge in [-0.05, 0) is 31.7 Å². The van der Waals surface area contributed by atoms with Gasteiger partial charge in [0.15, 0.2) is 0 Å². The highest BCUT2D eigenvalue weighted by molar-refractivity contribution is 5.08. The quantitative estimate of drug-likeness (QED) is 0.691. The van der Waals surface area contributed by atoms with Crippen LogP contribution in [0.3, 0.4) is 0 Å². The molecule has 2 nitrogen and oxygen atoms in total. The van der Waals surface area contributed by atoms with Gasteiger partial charge in [-0.2, -0.15) is 0 Å². The molecule has 1 aromatic heterocycles. The van der Waals surface area contributed by atoms with Crippen molar-refractivity contribution >= 4 is 0 Å². The summed E-state index contributed by atoms with van der Waals surface area (Å²) in [5.41, 5.74) is 0. The summed E-state index contributed by atoms with van der Waals surface area (Å²) in [6.45, 7) is 0. The van der Waals surface area contributed by atoms with Gasteiger partial charge >= 0.3 is 0 Å². The van der Waals surface area contributed by atoms with E-state index in [2.05, 4.69) is 11.1 Å². The van der Waals surface area contributed by atoms with E-state index in [1.165, 1.54) is 32.1 Å². The number of hydrogen-bond donors (Lipinski definition) is 0. The van der Waals surface area contributed by atoms with Crippen LogP contribution in [-0.2, 0) is 0 Å². The molecule has 0 spiro atoms. The fraction of sp³-hybridized carbons (Fsp3) is 0.545. The van der Waals surface area contributed by atoms with Crippen LogP contribution in [0.5, 0.6) is 5.88 Å². The smallest absolute Gasteiger partial charge is 0.213 e. The van der Waals surface area contributed by atoms with Crippen molar-refractivity contribution in [1.29, 1.82) is 0 Å². The van der Waals surface area contributed by atoms with Crippen molar-refractivity contribution in [2.45, 2.75) is 38.2 Å². The molecule has 0 aliphatic heterocycles. The van der Waals surface area contributed by atoms with E-state index in [4.69, 9.17) is 4.74 Å². The lowest BCUT2D eigenvalue weighted by atomic mass is 9.98. The summed E-state index contributed by atoms with van der Waals surface area (Å²) in [6, 6.07) is 6.59. The summed E-state index contributed by atoms with van der Waals surface area (Å²) in [5, 5.41) is 0. The van der Waals surface area contributed by atoms with Crippen LogP contribution in [0.15, 0.2) is 18.3 Å². The highest BCUT2D eigenvalue weighted by Gasteiger charge is 2.14. The van der Waals surface area contributed by atoms with Crippen LogP contribution in [0.1, 0.15) is 32.1 Å². The molecule has 0 bridgehead atoms. The first-order chi connectivity index (χ1) is 6.45. The molecule has 0 unspecified atom stereocenters. The van der Waals surface area contributed by atoms with Gasteiger partial charge in [0.1, 0.15) is 6.10 Å². The zero-order valence-corrected chi connectivity index (χ0v) is 7.70. The maximum Gasteiger partial charge on any atom is 0.213 e. The largest absolute Gasteiger partial charge is 0.474 e. The molecule has 0 saturated heterocycles. The normalized spacial score (nSPS) is 18.5. The molecule has 1 heterocycles. The molecular formula is C11H14NO. The first-order valence-corrected chi connectivity index (χ1v) is 4.94. The van der Waals surface area contributed by atoms with Crippen LogP contribution in [0, 0.1) is 6.07 Å². The zero-order valence-electron chi connectivity index (χ0n) is 7.70. The molecule has 1 aromatic rings. The highest BCUT2D eigenvalue weighted by atomic mass is 16.5. The Balaban J connectivity index is 1.90. The van der Waals surface area contributed by atoms with E-state index < -0.39 is 0 Å². The second kappa shape index (κ2) is 4.26. The number of hydrogen-bond acceptors (Lipinski definition) is 2. The van der Waals surface area contributed by atoms with Gasteiger partial charge < -0.3 is 4.74 Å². The summed E-state index contributed by atoms with van der Waals surface area (Å²) in [5.74, 6) is 0.741. The molecule has 0 atom stereocenters. The topological polar surface area (TPSA) is 22.1 Å². The van der Waals surface area contributed by atoms with Crippen LogP contribution in [-0.4, -0.2) is 11.1 Å². The minimum Gasteiger partial charge on any atom is -0.474 e. The van der Waals surface area contributed by atoms with Crippen molar-refractivity contribution in [2.75, 3.05) is 0 Å². The second-order valence-corrected chi connectivity index (χ2v) is 3.47. The fourth-order valence-corrected chi connectivity index (χ4v) is 1.73. The molecule has 1 aliphatic carbocycles. The summed E-state index contributed by atoms with van der Waals surface area (Å²) in [7, 11) is 0. The maximum atomic E-state index is 5.72. The van der Waals surface area contributed by atoms with E-state index in [0.29, 0.717) is 6.10 Å². The van der Waals surface area contributed by atoms with E-state index in [-0.39, 0.29) is 0 Å². The SMILES string of the molecule is [c]1ccc(OC2CCCCC2)nc1. The Morgan fingerprint density at radius 2 is 2.15 bits per heavy atom. The summed E-state index contributed by atoms with van der Waals surface area (Å²) < 4.78 is 5.72. The van der Waals surface area contributed by atoms with Crippen molar-refractivity contribution in [1.82, 2.24) is 4.98 Å². The number of rotatable bonds is 2. The van der Waals surface area contributed by atoms with Gasteiger partial charge in [0, 0.05) is 18.3 Å². The average Bonchev–Trinajstić information content (AvgIpc) is 2.21. The molecule has 0 amide bonds. The third kappa shape index (κ3) is 2.44. The molecule has 2 rings (SSSR count). The number of aromatic nitrogens is 1. The van der Waals surface area contributed by atoms with Gasteiger partial charge in [-0.3, -0.25) is 0 Å². The number of ether oxygens (including phenoxy) is 1. The molecule has 1 saturated carbocycles. The molecule has 69 valence electrons. The number of nitrogens with zero attached hydrogens (tertiary/aromatic N) is 1. The predicted octanol–water partition coefficient (Wildman–Crippen LogP) is 2.59. The molecule has 1 radical (unpaired) electrons. The zero-order chi connectivity index (χ0) is 8.93. The monoisotopic (exact) mass is 176 g/mol. The van der Waals surface area contributed by atoms with Gasteiger partial charge in [-0.1, -0.05) is 6.42 Å². The van der Waals surface area contributed by atoms with E-state index >= 15 is 0 Å². The Bertz CT molecular complexity index is 242. The summed E-state index contributed by atoms with van der Waals surface area (Å²) >= 11 is 0. The molecule has 0 N–H and O–H groups in total. The molecular weight excluding hydrogens is 162 g/mol. The van der Waals surface area contributed by atoms with Gasteiger partial charge in [-0.15, -0.1) is 0 Å². The van der Waals surface area contributed by atoms with Gasteiger partial charge in [0.05, 0.1) is 0 Å².